The molecular weight excluding hydrogens is 248 g/mol. The number of anilines is 2. The predicted molar refractivity (Wildman–Crippen MR) is 70.1 cm³/mol. The van der Waals surface area contributed by atoms with Gasteiger partial charge < -0.3 is 10.6 Å². The summed E-state index contributed by atoms with van der Waals surface area (Å²) in [6, 6.07) is 4.08. The number of nitrogens with one attached hydrogen (secondary N) is 2. The third kappa shape index (κ3) is 2.65. The number of hydrogen-bond donors (Lipinski definition) is 2. The number of carbonyl (C=O) groups excluding carboxylic acids is 1. The van der Waals surface area contributed by atoms with E-state index in [0.29, 0.717) is 16.1 Å². The summed E-state index contributed by atoms with van der Waals surface area (Å²) < 4.78 is 0. The van der Waals surface area contributed by atoms with Crippen LogP contribution in [-0.2, 0) is 0 Å². The molecule has 0 aromatic carbocycles. The van der Waals surface area contributed by atoms with Crippen LogP contribution in [0.2, 0.25) is 0 Å². The first-order valence-corrected chi connectivity index (χ1v) is 6.56. The van der Waals surface area contributed by atoms with E-state index in [4.69, 9.17) is 0 Å². The van der Waals surface area contributed by atoms with Gasteiger partial charge in [0.15, 0.2) is 5.13 Å². The predicted octanol–water partition coefficient (Wildman–Crippen LogP) is 2.17. The lowest BCUT2D eigenvalue weighted by molar-refractivity contribution is 0.0955. The number of thiazole rings is 1. The quantitative estimate of drug-likeness (QED) is 0.884. The molecule has 92 valence electrons. The fraction of sp³-hybridized carbons (Fsp3) is 0.250. The molecule has 2 aromatic rings. The number of amides is 1. The van der Waals surface area contributed by atoms with E-state index in [0.717, 1.165) is 18.5 Å². The van der Waals surface area contributed by atoms with Gasteiger partial charge >= 0.3 is 0 Å². The zero-order valence-corrected chi connectivity index (χ0v) is 10.4. The largest absolute Gasteiger partial charge is 0.349 e. The van der Waals surface area contributed by atoms with Gasteiger partial charge in [0.05, 0.1) is 6.20 Å². The Morgan fingerprint density at radius 3 is 2.83 bits per heavy atom. The molecule has 2 N–H and O–H groups in total. The Balaban J connectivity index is 1.67. The van der Waals surface area contributed by atoms with Crippen molar-refractivity contribution in [1.82, 2.24) is 15.3 Å². The molecule has 5 nitrogen and oxygen atoms in total. The highest BCUT2D eigenvalue weighted by atomic mass is 32.1. The van der Waals surface area contributed by atoms with Gasteiger partial charge in [-0.1, -0.05) is 11.3 Å². The fourth-order valence-electron chi connectivity index (χ4n) is 1.48. The van der Waals surface area contributed by atoms with Crippen molar-refractivity contribution in [2.45, 2.75) is 18.9 Å². The molecule has 0 spiro atoms. The first kappa shape index (κ1) is 11.2. The highest BCUT2D eigenvalue weighted by Crippen LogP contribution is 2.24. The fourth-order valence-corrected chi connectivity index (χ4v) is 2.22. The molecule has 1 aliphatic carbocycles. The van der Waals surface area contributed by atoms with Crippen molar-refractivity contribution in [2.24, 2.45) is 0 Å². The summed E-state index contributed by atoms with van der Waals surface area (Å²) in [6.07, 6.45) is 7.19. The molecule has 0 saturated heterocycles. The SMILES string of the molecule is O=C(NC1CC1)c1cnc(Nc2ccncc2)s1. The van der Waals surface area contributed by atoms with Crippen LogP contribution in [0.3, 0.4) is 0 Å². The number of carbonyl (C=O) groups is 1. The zero-order chi connectivity index (χ0) is 12.4. The Kier molecular flexibility index (Phi) is 2.93. The van der Waals surface area contributed by atoms with E-state index in [1.807, 2.05) is 12.1 Å². The van der Waals surface area contributed by atoms with Crippen molar-refractivity contribution >= 4 is 28.1 Å². The number of aromatic nitrogens is 2. The molecule has 18 heavy (non-hydrogen) atoms. The summed E-state index contributed by atoms with van der Waals surface area (Å²) in [5.74, 6) is -0.0298. The number of rotatable bonds is 4. The maximum atomic E-state index is 11.8. The lowest BCUT2D eigenvalue weighted by Crippen LogP contribution is -2.24. The van der Waals surface area contributed by atoms with E-state index in [-0.39, 0.29) is 5.91 Å². The van der Waals surface area contributed by atoms with E-state index in [1.54, 1.807) is 18.6 Å². The lowest BCUT2D eigenvalue weighted by Gasteiger charge is -2.00. The Labute approximate surface area is 108 Å². The van der Waals surface area contributed by atoms with Crippen molar-refractivity contribution in [3.8, 4) is 0 Å². The van der Waals surface area contributed by atoms with Crippen LogP contribution in [0.4, 0.5) is 10.8 Å². The van der Waals surface area contributed by atoms with Crippen LogP contribution in [0, 0.1) is 0 Å². The molecule has 2 aromatic heterocycles. The Morgan fingerprint density at radius 2 is 2.11 bits per heavy atom. The highest BCUT2D eigenvalue weighted by Gasteiger charge is 2.24. The molecule has 0 bridgehead atoms. The zero-order valence-electron chi connectivity index (χ0n) is 9.59. The molecule has 1 fully saturated rings. The van der Waals surface area contributed by atoms with Crippen LogP contribution < -0.4 is 10.6 Å². The molecule has 1 amide bonds. The second kappa shape index (κ2) is 4.73. The first-order valence-electron chi connectivity index (χ1n) is 5.75. The molecule has 1 aliphatic rings. The summed E-state index contributed by atoms with van der Waals surface area (Å²) >= 11 is 1.35. The van der Waals surface area contributed by atoms with Gasteiger partial charge in [-0.2, -0.15) is 0 Å². The maximum Gasteiger partial charge on any atom is 0.263 e. The minimum atomic E-state index is -0.0298. The normalized spacial score (nSPS) is 14.2. The molecule has 0 radical (unpaired) electrons. The standard InChI is InChI=1S/C12H12N4OS/c17-11(15-8-1-2-8)10-7-14-12(18-10)16-9-3-5-13-6-4-9/h3-8H,1-2H2,(H,15,17)(H,13,14,16). The molecule has 0 unspecified atom stereocenters. The molecule has 1 saturated carbocycles. The minimum absolute atomic E-state index is 0.0298. The van der Waals surface area contributed by atoms with E-state index >= 15 is 0 Å². The molecule has 6 heteroatoms. The van der Waals surface area contributed by atoms with Gasteiger partial charge in [0.25, 0.3) is 5.91 Å². The van der Waals surface area contributed by atoms with Crippen molar-refractivity contribution < 1.29 is 4.79 Å². The van der Waals surface area contributed by atoms with Crippen LogP contribution in [0.1, 0.15) is 22.5 Å². The first-order chi connectivity index (χ1) is 8.81. The van der Waals surface area contributed by atoms with Crippen LogP contribution in [0.25, 0.3) is 0 Å². The third-order valence-electron chi connectivity index (χ3n) is 2.57. The van der Waals surface area contributed by atoms with Crippen LogP contribution in [0.5, 0.6) is 0 Å². The smallest absolute Gasteiger partial charge is 0.263 e. The summed E-state index contributed by atoms with van der Waals surface area (Å²) in [5.41, 5.74) is 0.911. The van der Waals surface area contributed by atoms with Crippen LogP contribution in [-0.4, -0.2) is 21.9 Å². The van der Waals surface area contributed by atoms with E-state index in [2.05, 4.69) is 20.6 Å². The lowest BCUT2D eigenvalue weighted by atomic mass is 10.4. The summed E-state index contributed by atoms with van der Waals surface area (Å²) in [4.78, 5) is 20.5. The molecule has 0 aliphatic heterocycles. The second-order valence-electron chi connectivity index (χ2n) is 4.14. The Hall–Kier alpha value is -1.95. The molecule has 2 heterocycles. The van der Waals surface area contributed by atoms with Crippen molar-refractivity contribution in [3.63, 3.8) is 0 Å². The summed E-state index contributed by atoms with van der Waals surface area (Å²) in [5, 5.41) is 6.79. The van der Waals surface area contributed by atoms with E-state index < -0.39 is 0 Å². The Bertz CT molecular complexity index is 550. The molecular formula is C12H12N4OS. The average molecular weight is 260 g/mol. The van der Waals surface area contributed by atoms with Gasteiger partial charge in [0.2, 0.25) is 0 Å². The van der Waals surface area contributed by atoms with Gasteiger partial charge in [0, 0.05) is 24.1 Å². The van der Waals surface area contributed by atoms with E-state index in [9.17, 15) is 4.79 Å². The highest BCUT2D eigenvalue weighted by molar-refractivity contribution is 7.17. The number of pyridine rings is 1. The average Bonchev–Trinajstić information content (AvgIpc) is 3.07. The second-order valence-corrected chi connectivity index (χ2v) is 5.17. The molecule has 0 atom stereocenters. The van der Waals surface area contributed by atoms with Gasteiger partial charge in [-0.15, -0.1) is 0 Å². The Morgan fingerprint density at radius 1 is 1.33 bits per heavy atom. The van der Waals surface area contributed by atoms with E-state index in [1.165, 1.54) is 11.3 Å². The number of hydrogen-bond acceptors (Lipinski definition) is 5. The van der Waals surface area contributed by atoms with Crippen molar-refractivity contribution in [2.75, 3.05) is 5.32 Å². The van der Waals surface area contributed by atoms with Gasteiger partial charge in [-0.25, -0.2) is 4.98 Å². The van der Waals surface area contributed by atoms with Crippen LogP contribution in [0.15, 0.2) is 30.7 Å². The van der Waals surface area contributed by atoms with Gasteiger partial charge in [0.1, 0.15) is 4.88 Å². The van der Waals surface area contributed by atoms with Crippen LogP contribution >= 0.6 is 11.3 Å². The maximum absolute atomic E-state index is 11.8. The summed E-state index contributed by atoms with van der Waals surface area (Å²) in [7, 11) is 0. The van der Waals surface area contributed by atoms with Crippen molar-refractivity contribution in [1.29, 1.82) is 0 Å². The monoisotopic (exact) mass is 260 g/mol. The molecule has 3 rings (SSSR count). The number of nitrogens with zero attached hydrogens (tertiary/aromatic N) is 2. The minimum Gasteiger partial charge on any atom is -0.349 e. The van der Waals surface area contributed by atoms with Crippen molar-refractivity contribution in [3.05, 3.63) is 35.6 Å². The third-order valence-corrected chi connectivity index (χ3v) is 3.49. The van der Waals surface area contributed by atoms with Gasteiger partial charge in [-0.05, 0) is 25.0 Å². The van der Waals surface area contributed by atoms with Gasteiger partial charge in [-0.3, -0.25) is 9.78 Å². The summed E-state index contributed by atoms with van der Waals surface area (Å²) in [6.45, 7) is 0. The topological polar surface area (TPSA) is 66.9 Å².